The van der Waals surface area contributed by atoms with Gasteiger partial charge in [0, 0.05) is 12.6 Å². The molecule has 1 amide bonds. The second kappa shape index (κ2) is 7.77. The summed E-state index contributed by atoms with van der Waals surface area (Å²) in [7, 11) is 0. The Labute approximate surface area is 138 Å². The van der Waals surface area contributed by atoms with Gasteiger partial charge in [-0.05, 0) is 46.5 Å². The van der Waals surface area contributed by atoms with Crippen molar-refractivity contribution in [3.8, 4) is 0 Å². The first-order valence-corrected chi connectivity index (χ1v) is 8.43. The van der Waals surface area contributed by atoms with Crippen molar-refractivity contribution in [3.63, 3.8) is 0 Å². The quantitative estimate of drug-likeness (QED) is 0.774. The van der Waals surface area contributed by atoms with Crippen LogP contribution in [0.15, 0.2) is 6.33 Å². The van der Waals surface area contributed by atoms with E-state index in [-0.39, 0.29) is 12.1 Å². The predicted molar refractivity (Wildman–Crippen MR) is 87.9 cm³/mol. The van der Waals surface area contributed by atoms with Crippen LogP contribution in [0.4, 0.5) is 4.79 Å². The summed E-state index contributed by atoms with van der Waals surface area (Å²) in [6, 6.07) is 0.475. The van der Waals surface area contributed by atoms with Crippen molar-refractivity contribution in [1.29, 1.82) is 0 Å². The van der Waals surface area contributed by atoms with Gasteiger partial charge in [-0.25, -0.2) is 9.78 Å². The number of rotatable bonds is 5. The van der Waals surface area contributed by atoms with Crippen LogP contribution in [0.25, 0.3) is 0 Å². The maximum Gasteiger partial charge on any atom is 0.407 e. The van der Waals surface area contributed by atoms with Crippen molar-refractivity contribution in [3.05, 3.63) is 12.2 Å². The van der Waals surface area contributed by atoms with Crippen LogP contribution in [-0.4, -0.2) is 39.5 Å². The van der Waals surface area contributed by atoms with E-state index >= 15 is 0 Å². The van der Waals surface area contributed by atoms with Crippen LogP contribution in [0.1, 0.15) is 65.2 Å². The van der Waals surface area contributed by atoms with Gasteiger partial charge < -0.3 is 15.4 Å². The van der Waals surface area contributed by atoms with E-state index in [2.05, 4.69) is 32.7 Å². The van der Waals surface area contributed by atoms with Gasteiger partial charge in [0.25, 0.3) is 0 Å². The Hall–Kier alpha value is -1.63. The molecular formula is C16H29N5O2. The summed E-state index contributed by atoms with van der Waals surface area (Å²) in [5.74, 6) is 1.25. The third kappa shape index (κ3) is 5.82. The number of carbonyl (C=O) groups excluding carboxylic acids is 1. The molecule has 1 fully saturated rings. The first-order valence-electron chi connectivity index (χ1n) is 8.43. The summed E-state index contributed by atoms with van der Waals surface area (Å²) in [6.45, 7) is 8.33. The summed E-state index contributed by atoms with van der Waals surface area (Å²) in [5, 5.41) is 13.3. The fourth-order valence-corrected chi connectivity index (χ4v) is 3.02. The van der Waals surface area contributed by atoms with Gasteiger partial charge in [0.05, 0.1) is 6.04 Å². The molecular weight excluding hydrogens is 294 g/mol. The minimum atomic E-state index is -0.463. The molecule has 1 aliphatic carbocycles. The molecule has 1 aromatic heterocycles. The van der Waals surface area contributed by atoms with Crippen molar-refractivity contribution >= 4 is 6.09 Å². The molecule has 3 N–H and O–H groups in total. The smallest absolute Gasteiger partial charge is 0.407 e. The van der Waals surface area contributed by atoms with Gasteiger partial charge in [-0.3, -0.25) is 5.10 Å². The molecule has 0 aromatic carbocycles. The van der Waals surface area contributed by atoms with E-state index in [1.807, 2.05) is 20.8 Å². The lowest BCUT2D eigenvalue weighted by atomic mass is 9.84. The number of ether oxygens (including phenoxy) is 1. The zero-order valence-electron chi connectivity index (χ0n) is 14.6. The van der Waals surface area contributed by atoms with Crippen LogP contribution in [0.5, 0.6) is 0 Å². The number of nitrogens with zero attached hydrogens (tertiary/aromatic N) is 2. The van der Waals surface area contributed by atoms with E-state index in [1.165, 1.54) is 19.2 Å². The molecule has 7 nitrogen and oxygen atoms in total. The highest BCUT2D eigenvalue weighted by Crippen LogP contribution is 2.26. The van der Waals surface area contributed by atoms with Gasteiger partial charge in [0.15, 0.2) is 0 Å². The number of aromatic amines is 1. The number of nitrogens with one attached hydrogen (secondary N) is 3. The number of H-pyrrole nitrogens is 1. The molecule has 23 heavy (non-hydrogen) atoms. The first-order chi connectivity index (χ1) is 10.8. The molecule has 1 aromatic rings. The largest absolute Gasteiger partial charge is 0.444 e. The molecule has 1 aliphatic rings. The molecule has 3 atom stereocenters. The molecule has 0 bridgehead atoms. The van der Waals surface area contributed by atoms with Crippen molar-refractivity contribution in [2.24, 2.45) is 5.92 Å². The van der Waals surface area contributed by atoms with Crippen LogP contribution in [0.3, 0.4) is 0 Å². The summed E-state index contributed by atoms with van der Waals surface area (Å²) in [5.41, 5.74) is -0.463. The lowest BCUT2D eigenvalue weighted by Crippen LogP contribution is -2.45. The molecule has 0 aliphatic heterocycles. The van der Waals surface area contributed by atoms with E-state index in [4.69, 9.17) is 4.74 Å². The molecule has 0 spiro atoms. The first kappa shape index (κ1) is 17.7. The molecule has 1 heterocycles. The number of alkyl carbamates (subject to hydrolysis) is 1. The Morgan fingerprint density at radius 1 is 1.43 bits per heavy atom. The Bertz CT molecular complexity index is 483. The van der Waals surface area contributed by atoms with E-state index in [0.29, 0.717) is 18.5 Å². The molecule has 2 rings (SSSR count). The molecule has 0 saturated heterocycles. The van der Waals surface area contributed by atoms with Gasteiger partial charge >= 0.3 is 6.09 Å². The SMILES string of the molecule is CC(NC1CCCCC1CNC(=O)OC(C)(C)C)c1ncn[nH]1. The van der Waals surface area contributed by atoms with Gasteiger partial charge in [-0.2, -0.15) is 5.10 Å². The molecule has 130 valence electrons. The fraction of sp³-hybridized carbons (Fsp3) is 0.812. The van der Waals surface area contributed by atoms with Crippen LogP contribution in [-0.2, 0) is 4.74 Å². The van der Waals surface area contributed by atoms with Gasteiger partial charge in [0.1, 0.15) is 17.8 Å². The third-order valence-electron chi connectivity index (χ3n) is 4.12. The van der Waals surface area contributed by atoms with Crippen LogP contribution < -0.4 is 10.6 Å². The average Bonchev–Trinajstić information content (AvgIpc) is 2.99. The molecule has 7 heteroatoms. The zero-order chi connectivity index (χ0) is 16.9. The van der Waals surface area contributed by atoms with Crippen molar-refractivity contribution in [2.45, 2.75) is 71.1 Å². The molecule has 0 radical (unpaired) electrons. The maximum atomic E-state index is 11.8. The lowest BCUT2D eigenvalue weighted by molar-refractivity contribution is 0.0510. The van der Waals surface area contributed by atoms with Crippen molar-refractivity contribution in [1.82, 2.24) is 25.8 Å². The van der Waals surface area contributed by atoms with Crippen molar-refractivity contribution < 1.29 is 9.53 Å². The monoisotopic (exact) mass is 323 g/mol. The lowest BCUT2D eigenvalue weighted by Gasteiger charge is -2.34. The summed E-state index contributed by atoms with van der Waals surface area (Å²) < 4.78 is 5.31. The minimum absolute atomic E-state index is 0.115. The number of hydrogen-bond donors (Lipinski definition) is 3. The second-order valence-electron chi connectivity index (χ2n) is 7.29. The summed E-state index contributed by atoms with van der Waals surface area (Å²) >= 11 is 0. The fourth-order valence-electron chi connectivity index (χ4n) is 3.02. The topological polar surface area (TPSA) is 91.9 Å². The third-order valence-corrected chi connectivity index (χ3v) is 4.12. The van der Waals surface area contributed by atoms with E-state index < -0.39 is 5.60 Å². The Morgan fingerprint density at radius 2 is 2.17 bits per heavy atom. The average molecular weight is 323 g/mol. The van der Waals surface area contributed by atoms with Crippen LogP contribution in [0, 0.1) is 5.92 Å². The number of aromatic nitrogens is 3. The second-order valence-corrected chi connectivity index (χ2v) is 7.29. The number of carbonyl (C=O) groups is 1. The van der Waals surface area contributed by atoms with Gasteiger partial charge in [0.2, 0.25) is 0 Å². The van der Waals surface area contributed by atoms with Crippen LogP contribution >= 0.6 is 0 Å². The van der Waals surface area contributed by atoms with E-state index in [9.17, 15) is 4.79 Å². The Balaban J connectivity index is 1.84. The highest BCUT2D eigenvalue weighted by Gasteiger charge is 2.28. The molecule has 3 unspecified atom stereocenters. The number of hydrogen-bond acceptors (Lipinski definition) is 5. The summed E-state index contributed by atoms with van der Waals surface area (Å²) in [4.78, 5) is 16.0. The van der Waals surface area contributed by atoms with E-state index in [1.54, 1.807) is 0 Å². The highest BCUT2D eigenvalue weighted by molar-refractivity contribution is 5.67. The highest BCUT2D eigenvalue weighted by atomic mass is 16.6. The normalized spacial score (nSPS) is 23.3. The van der Waals surface area contributed by atoms with E-state index in [0.717, 1.165) is 18.7 Å². The van der Waals surface area contributed by atoms with Gasteiger partial charge in [-0.1, -0.05) is 12.8 Å². The minimum Gasteiger partial charge on any atom is -0.444 e. The summed E-state index contributed by atoms with van der Waals surface area (Å²) in [6.07, 6.45) is 5.82. The Kier molecular flexibility index (Phi) is 5.98. The standard InChI is InChI=1S/C16H29N5O2/c1-11(14-18-10-19-21-14)20-13-8-6-5-7-12(13)9-17-15(22)23-16(2,3)4/h10-13,20H,5-9H2,1-4H3,(H,17,22)(H,18,19,21). The van der Waals surface area contributed by atoms with Gasteiger partial charge in [-0.15, -0.1) is 0 Å². The van der Waals surface area contributed by atoms with Crippen molar-refractivity contribution in [2.75, 3.05) is 6.54 Å². The number of amides is 1. The maximum absolute atomic E-state index is 11.8. The Morgan fingerprint density at radius 3 is 2.83 bits per heavy atom. The zero-order valence-corrected chi connectivity index (χ0v) is 14.6. The predicted octanol–water partition coefficient (Wildman–Crippen LogP) is 2.54. The van der Waals surface area contributed by atoms with Crippen LogP contribution in [0.2, 0.25) is 0 Å². The molecule has 1 saturated carbocycles.